The van der Waals surface area contributed by atoms with Crippen LogP contribution in [0.1, 0.15) is 72.0 Å². The number of anilines is 1. The molecular weight excluding hydrogens is 648 g/mol. The number of rotatable bonds is 6. The van der Waals surface area contributed by atoms with E-state index in [1.807, 2.05) is 19.9 Å². The summed E-state index contributed by atoms with van der Waals surface area (Å²) in [4.78, 5) is 52.9. The Balaban J connectivity index is 1.28. The molecule has 0 unspecified atom stereocenters. The van der Waals surface area contributed by atoms with Gasteiger partial charge in [-0.05, 0) is 79.7 Å². The van der Waals surface area contributed by atoms with E-state index in [0.717, 1.165) is 10.3 Å². The van der Waals surface area contributed by atoms with Gasteiger partial charge in [-0.1, -0.05) is 0 Å². The van der Waals surface area contributed by atoms with Gasteiger partial charge in [0.2, 0.25) is 0 Å². The number of hydrogen-bond acceptors (Lipinski definition) is 12. The minimum atomic E-state index is -0.945. The van der Waals surface area contributed by atoms with Crippen LogP contribution in [0.25, 0.3) is 21.9 Å². The number of aromatic nitrogens is 4. The summed E-state index contributed by atoms with van der Waals surface area (Å²) >= 11 is 0. The molecule has 2 aliphatic rings. The van der Waals surface area contributed by atoms with Gasteiger partial charge in [0, 0.05) is 30.9 Å². The molecule has 4 atom stereocenters. The van der Waals surface area contributed by atoms with Crippen molar-refractivity contribution < 1.29 is 42.8 Å². The SMILES string of the molecule is CNC(=O)c1cnc2cc(OC[C@H]3O[C@@H](n4ccc5c(N(C(=O)OC(C)(C)C)C(=O)OC(C)(C)C)ncnc54)[C@@H]4OC(C)(C)O[C@@H]43)ccc2c1. The minimum absolute atomic E-state index is 0.0112. The molecule has 2 saturated heterocycles. The van der Waals surface area contributed by atoms with Gasteiger partial charge in [0.15, 0.2) is 17.8 Å². The van der Waals surface area contributed by atoms with Crippen molar-refractivity contribution in [1.82, 2.24) is 24.8 Å². The lowest BCUT2D eigenvalue weighted by molar-refractivity contribution is -0.198. The average molecular weight is 691 g/mol. The van der Waals surface area contributed by atoms with Gasteiger partial charge in [0.05, 0.1) is 16.5 Å². The maximum absolute atomic E-state index is 13.4. The number of benzene rings is 1. The summed E-state index contributed by atoms with van der Waals surface area (Å²) in [7, 11) is 1.57. The molecule has 3 amide bonds. The maximum atomic E-state index is 13.4. The minimum Gasteiger partial charge on any atom is -0.491 e. The molecule has 1 N–H and O–H groups in total. The van der Waals surface area contributed by atoms with Crippen LogP contribution in [0, 0.1) is 0 Å². The second-order valence-corrected chi connectivity index (χ2v) is 14.6. The molecule has 0 aliphatic carbocycles. The van der Waals surface area contributed by atoms with E-state index in [-0.39, 0.29) is 18.3 Å². The Morgan fingerprint density at radius 1 is 0.940 bits per heavy atom. The highest BCUT2D eigenvalue weighted by Crippen LogP contribution is 2.44. The Hall–Kier alpha value is -4.86. The van der Waals surface area contributed by atoms with Gasteiger partial charge < -0.3 is 38.3 Å². The third-order valence-corrected chi connectivity index (χ3v) is 7.81. The highest BCUT2D eigenvalue weighted by atomic mass is 16.8. The number of nitrogens with one attached hydrogen (secondary N) is 1. The lowest BCUT2D eigenvalue weighted by atomic mass is 10.1. The van der Waals surface area contributed by atoms with Crippen molar-refractivity contribution >= 4 is 45.8 Å². The molecule has 15 heteroatoms. The normalized spacial score (nSPS) is 21.5. The van der Waals surface area contributed by atoms with Crippen molar-refractivity contribution in [3.05, 3.63) is 54.6 Å². The first-order valence-electron chi connectivity index (χ1n) is 16.3. The number of carbonyl (C=O) groups excluding carboxylic acids is 3. The smallest absolute Gasteiger partial charge is 0.425 e. The molecule has 6 rings (SSSR count). The fraction of sp³-hybridized carbons (Fsp3) is 0.486. The number of hydrogen-bond donors (Lipinski definition) is 1. The number of ether oxygens (including phenoxy) is 6. The van der Waals surface area contributed by atoms with Crippen molar-refractivity contribution in [3.8, 4) is 5.75 Å². The van der Waals surface area contributed by atoms with Crippen molar-refractivity contribution in [2.75, 3.05) is 18.6 Å². The van der Waals surface area contributed by atoms with Crippen LogP contribution in [0.2, 0.25) is 0 Å². The predicted molar refractivity (Wildman–Crippen MR) is 181 cm³/mol. The van der Waals surface area contributed by atoms with Gasteiger partial charge >= 0.3 is 12.2 Å². The van der Waals surface area contributed by atoms with E-state index in [2.05, 4.69) is 20.3 Å². The first-order valence-corrected chi connectivity index (χ1v) is 16.3. The topological polar surface area (TPSA) is 165 Å². The lowest BCUT2D eigenvalue weighted by Crippen LogP contribution is -2.44. The zero-order chi connectivity index (χ0) is 36.2. The van der Waals surface area contributed by atoms with Crippen LogP contribution < -0.4 is 15.0 Å². The molecular formula is C35H42N6O9. The Bertz CT molecular complexity index is 1920. The molecule has 0 radical (unpaired) electrons. The van der Waals surface area contributed by atoms with Crippen LogP contribution in [-0.4, -0.2) is 86.6 Å². The average Bonchev–Trinajstić information content (AvgIpc) is 3.68. The van der Waals surface area contributed by atoms with E-state index < -0.39 is 53.7 Å². The van der Waals surface area contributed by atoms with Gasteiger partial charge in [0.1, 0.15) is 53.8 Å². The zero-order valence-corrected chi connectivity index (χ0v) is 29.5. The quantitative estimate of drug-likeness (QED) is 0.270. The van der Waals surface area contributed by atoms with Gasteiger partial charge in [0.25, 0.3) is 5.91 Å². The summed E-state index contributed by atoms with van der Waals surface area (Å²) in [6.45, 7) is 14.0. The lowest BCUT2D eigenvalue weighted by Gasteiger charge is -2.28. The van der Waals surface area contributed by atoms with E-state index in [0.29, 0.717) is 27.9 Å². The Morgan fingerprint density at radius 3 is 2.28 bits per heavy atom. The van der Waals surface area contributed by atoms with Crippen LogP contribution >= 0.6 is 0 Å². The second kappa shape index (κ2) is 12.8. The van der Waals surface area contributed by atoms with Gasteiger partial charge in [-0.25, -0.2) is 19.6 Å². The maximum Gasteiger partial charge on any atom is 0.425 e. The monoisotopic (exact) mass is 690 g/mol. The summed E-state index contributed by atoms with van der Waals surface area (Å²) in [5.74, 6) is -0.570. The molecule has 2 fully saturated rings. The summed E-state index contributed by atoms with van der Waals surface area (Å²) in [6.07, 6.45) is 0.292. The van der Waals surface area contributed by atoms with E-state index in [9.17, 15) is 14.4 Å². The first kappa shape index (κ1) is 35.0. The molecule has 15 nitrogen and oxygen atoms in total. The van der Waals surface area contributed by atoms with Gasteiger partial charge in [-0.3, -0.25) is 9.78 Å². The fourth-order valence-corrected chi connectivity index (χ4v) is 5.86. The molecule has 0 spiro atoms. The summed E-state index contributed by atoms with van der Waals surface area (Å²) < 4.78 is 38.2. The van der Waals surface area contributed by atoms with Crippen molar-refractivity contribution in [2.24, 2.45) is 0 Å². The van der Waals surface area contributed by atoms with E-state index in [4.69, 9.17) is 28.4 Å². The van der Waals surface area contributed by atoms with Crippen LogP contribution in [0.5, 0.6) is 5.75 Å². The van der Waals surface area contributed by atoms with Crippen molar-refractivity contribution in [1.29, 1.82) is 0 Å². The molecule has 2 aliphatic heterocycles. The third-order valence-electron chi connectivity index (χ3n) is 7.81. The fourth-order valence-electron chi connectivity index (χ4n) is 5.86. The Kier molecular flexibility index (Phi) is 8.95. The van der Waals surface area contributed by atoms with E-state index >= 15 is 0 Å². The highest BCUT2D eigenvalue weighted by molar-refractivity contribution is 6.13. The molecule has 0 saturated carbocycles. The van der Waals surface area contributed by atoms with Gasteiger partial charge in [-0.2, -0.15) is 4.90 Å². The van der Waals surface area contributed by atoms with E-state index in [1.165, 1.54) is 12.5 Å². The van der Waals surface area contributed by atoms with Crippen molar-refractivity contribution in [2.45, 2.75) is 96.9 Å². The van der Waals surface area contributed by atoms with Crippen LogP contribution in [0.3, 0.4) is 0 Å². The largest absolute Gasteiger partial charge is 0.491 e. The van der Waals surface area contributed by atoms with Crippen molar-refractivity contribution in [3.63, 3.8) is 0 Å². The highest BCUT2D eigenvalue weighted by Gasteiger charge is 2.56. The Morgan fingerprint density at radius 2 is 1.62 bits per heavy atom. The number of fused-ring (bicyclic) bond motifs is 3. The number of amides is 3. The number of carbonyl (C=O) groups is 3. The summed E-state index contributed by atoms with van der Waals surface area (Å²) in [5, 5.41) is 3.77. The first-order chi connectivity index (χ1) is 23.4. The summed E-state index contributed by atoms with van der Waals surface area (Å²) in [5.41, 5.74) is -0.288. The van der Waals surface area contributed by atoms with Gasteiger partial charge in [-0.15, -0.1) is 0 Å². The molecule has 1 aromatic carbocycles. The van der Waals surface area contributed by atoms with E-state index in [1.54, 1.807) is 83.6 Å². The molecule has 4 aromatic rings. The molecule has 50 heavy (non-hydrogen) atoms. The molecule has 5 heterocycles. The van der Waals surface area contributed by atoms with Crippen LogP contribution in [-0.2, 0) is 23.7 Å². The van der Waals surface area contributed by atoms with Crippen LogP contribution in [0.4, 0.5) is 15.4 Å². The summed E-state index contributed by atoms with van der Waals surface area (Å²) in [6, 6.07) is 8.89. The molecule has 266 valence electrons. The standard InChI is InChI=1S/C35H42N6O9/c1-33(2,3)49-31(43)41(32(44)50-34(4,5)6)28-22-12-13-40(27(22)38-18-39-28)30-26-25(47-35(7,8)48-26)24(46-30)17-45-21-11-10-19-14-20(29(42)36-9)16-37-23(19)15-21/h10-16,18,24-26,30H,17H2,1-9H3,(H,36,42)/t24-,25-,26-,30-/m1/s1. The zero-order valence-electron chi connectivity index (χ0n) is 29.5. The molecule has 3 aromatic heterocycles. The Labute approximate surface area is 289 Å². The second-order valence-electron chi connectivity index (χ2n) is 14.6. The molecule has 0 bridgehead atoms. The predicted octanol–water partition coefficient (Wildman–Crippen LogP) is 5.51. The number of pyridine rings is 1. The number of imide groups is 1. The van der Waals surface area contributed by atoms with Crippen LogP contribution in [0.15, 0.2) is 49.1 Å². The third kappa shape index (κ3) is 7.20. The number of nitrogens with zero attached hydrogens (tertiary/aromatic N) is 5.